The molecule has 0 spiro atoms. The SMILES string of the molecule is O=C(CN1CCC(NC(=O)c2ccccc2F)CC1)Nc1ccc(Cl)c(Cl)c1. The maximum absolute atomic E-state index is 13.7. The van der Waals surface area contributed by atoms with E-state index in [1.165, 1.54) is 12.1 Å². The van der Waals surface area contributed by atoms with Gasteiger partial charge in [-0.25, -0.2) is 4.39 Å². The average molecular weight is 424 g/mol. The number of nitrogens with zero attached hydrogens (tertiary/aromatic N) is 1. The third-order valence-electron chi connectivity index (χ3n) is 4.61. The predicted molar refractivity (Wildman–Crippen MR) is 108 cm³/mol. The molecule has 1 heterocycles. The minimum absolute atomic E-state index is 0.0403. The largest absolute Gasteiger partial charge is 0.349 e. The second-order valence-corrected chi connectivity index (χ2v) is 7.50. The van der Waals surface area contributed by atoms with Crippen LogP contribution in [-0.4, -0.2) is 42.4 Å². The highest BCUT2D eigenvalue weighted by Gasteiger charge is 2.23. The molecular weight excluding hydrogens is 404 g/mol. The Hall–Kier alpha value is -2.15. The first-order chi connectivity index (χ1) is 13.4. The fourth-order valence-electron chi connectivity index (χ4n) is 3.12. The highest BCUT2D eigenvalue weighted by atomic mass is 35.5. The normalized spacial score (nSPS) is 15.2. The smallest absolute Gasteiger partial charge is 0.254 e. The first-order valence-corrected chi connectivity index (χ1v) is 9.70. The maximum atomic E-state index is 13.7. The number of piperidine rings is 1. The van der Waals surface area contributed by atoms with Crippen molar-refractivity contribution >= 4 is 40.7 Å². The van der Waals surface area contributed by atoms with E-state index in [9.17, 15) is 14.0 Å². The summed E-state index contributed by atoms with van der Waals surface area (Å²) < 4.78 is 13.7. The molecule has 2 amide bonds. The number of nitrogens with one attached hydrogen (secondary N) is 2. The van der Waals surface area contributed by atoms with Crippen LogP contribution >= 0.6 is 23.2 Å². The van der Waals surface area contributed by atoms with Crippen molar-refractivity contribution in [3.63, 3.8) is 0 Å². The van der Waals surface area contributed by atoms with Crippen LogP contribution in [0, 0.1) is 5.82 Å². The van der Waals surface area contributed by atoms with Crippen molar-refractivity contribution in [2.75, 3.05) is 25.0 Å². The van der Waals surface area contributed by atoms with E-state index in [2.05, 4.69) is 10.6 Å². The van der Waals surface area contributed by atoms with E-state index in [0.29, 0.717) is 41.7 Å². The van der Waals surface area contributed by atoms with Crippen LogP contribution in [0.2, 0.25) is 10.0 Å². The monoisotopic (exact) mass is 423 g/mol. The Morgan fingerprint density at radius 1 is 1.07 bits per heavy atom. The molecule has 0 atom stereocenters. The molecule has 8 heteroatoms. The number of halogens is 3. The highest BCUT2D eigenvalue weighted by molar-refractivity contribution is 6.42. The quantitative estimate of drug-likeness (QED) is 0.764. The van der Waals surface area contributed by atoms with Crippen LogP contribution in [0.1, 0.15) is 23.2 Å². The second kappa shape index (κ2) is 9.37. The van der Waals surface area contributed by atoms with E-state index < -0.39 is 11.7 Å². The zero-order valence-electron chi connectivity index (χ0n) is 15.1. The van der Waals surface area contributed by atoms with Gasteiger partial charge in [-0.1, -0.05) is 35.3 Å². The van der Waals surface area contributed by atoms with Gasteiger partial charge in [-0.2, -0.15) is 0 Å². The molecule has 148 valence electrons. The number of hydrogen-bond acceptors (Lipinski definition) is 3. The van der Waals surface area contributed by atoms with E-state index in [4.69, 9.17) is 23.2 Å². The van der Waals surface area contributed by atoms with Crippen molar-refractivity contribution in [2.24, 2.45) is 0 Å². The van der Waals surface area contributed by atoms with Gasteiger partial charge in [-0.3, -0.25) is 14.5 Å². The number of carbonyl (C=O) groups is 2. The molecular formula is C20H20Cl2FN3O2. The number of rotatable bonds is 5. The lowest BCUT2D eigenvalue weighted by Gasteiger charge is -2.31. The van der Waals surface area contributed by atoms with Gasteiger partial charge < -0.3 is 10.6 Å². The molecule has 1 saturated heterocycles. The lowest BCUT2D eigenvalue weighted by Crippen LogP contribution is -2.46. The standard InChI is InChI=1S/C20H20Cl2FN3O2/c21-16-6-5-14(11-17(16)22)24-19(27)12-26-9-7-13(8-10-26)25-20(28)15-3-1-2-4-18(15)23/h1-6,11,13H,7-10,12H2,(H,24,27)(H,25,28). The minimum atomic E-state index is -0.531. The fraction of sp³-hybridized carbons (Fsp3) is 0.300. The van der Waals surface area contributed by atoms with E-state index in [1.54, 1.807) is 30.3 Å². The van der Waals surface area contributed by atoms with Gasteiger partial charge in [0.05, 0.1) is 22.2 Å². The zero-order valence-corrected chi connectivity index (χ0v) is 16.6. The molecule has 2 N–H and O–H groups in total. The molecule has 28 heavy (non-hydrogen) atoms. The summed E-state index contributed by atoms with van der Waals surface area (Å²) in [5.74, 6) is -1.09. The molecule has 1 aliphatic rings. The second-order valence-electron chi connectivity index (χ2n) is 6.68. The Morgan fingerprint density at radius 3 is 2.46 bits per heavy atom. The first kappa shape index (κ1) is 20.6. The Labute approximate surface area is 172 Å². The van der Waals surface area contributed by atoms with Gasteiger partial charge in [0, 0.05) is 24.8 Å². The van der Waals surface area contributed by atoms with Crippen LogP contribution < -0.4 is 10.6 Å². The van der Waals surface area contributed by atoms with Gasteiger partial charge in [-0.15, -0.1) is 0 Å². The molecule has 1 fully saturated rings. The fourth-order valence-corrected chi connectivity index (χ4v) is 3.42. The van der Waals surface area contributed by atoms with Gasteiger partial charge in [0.2, 0.25) is 5.91 Å². The summed E-state index contributed by atoms with van der Waals surface area (Å²) in [6, 6.07) is 10.8. The van der Waals surface area contributed by atoms with Crippen molar-refractivity contribution in [2.45, 2.75) is 18.9 Å². The summed E-state index contributed by atoms with van der Waals surface area (Å²) in [5.41, 5.74) is 0.636. The van der Waals surface area contributed by atoms with E-state index in [0.717, 1.165) is 0 Å². The maximum Gasteiger partial charge on any atom is 0.254 e. The molecule has 0 aliphatic carbocycles. The van der Waals surface area contributed by atoms with Crippen molar-refractivity contribution in [1.29, 1.82) is 0 Å². The summed E-state index contributed by atoms with van der Waals surface area (Å²) in [5, 5.41) is 6.47. The number of likely N-dealkylation sites (tertiary alicyclic amines) is 1. The van der Waals surface area contributed by atoms with Crippen LogP contribution in [-0.2, 0) is 4.79 Å². The third-order valence-corrected chi connectivity index (χ3v) is 5.35. The van der Waals surface area contributed by atoms with Crippen LogP contribution in [0.5, 0.6) is 0 Å². The number of carbonyl (C=O) groups excluding carboxylic acids is 2. The third kappa shape index (κ3) is 5.44. The molecule has 0 bridgehead atoms. The van der Waals surface area contributed by atoms with E-state index in [-0.39, 0.29) is 24.1 Å². The molecule has 0 aromatic heterocycles. The number of amides is 2. The topological polar surface area (TPSA) is 61.4 Å². The highest BCUT2D eigenvalue weighted by Crippen LogP contribution is 2.25. The first-order valence-electron chi connectivity index (χ1n) is 8.95. The summed E-state index contributed by atoms with van der Waals surface area (Å²) in [7, 11) is 0. The molecule has 1 aliphatic heterocycles. The van der Waals surface area contributed by atoms with Crippen molar-refractivity contribution in [3.05, 3.63) is 63.9 Å². The van der Waals surface area contributed by atoms with Gasteiger partial charge in [0.25, 0.3) is 5.91 Å². The predicted octanol–water partition coefficient (Wildman–Crippen LogP) is 3.97. The number of anilines is 1. The zero-order chi connectivity index (χ0) is 20.1. The van der Waals surface area contributed by atoms with Gasteiger partial charge in [0.15, 0.2) is 0 Å². The summed E-state index contributed by atoms with van der Waals surface area (Å²) in [6.45, 7) is 1.57. The van der Waals surface area contributed by atoms with Crippen molar-refractivity contribution < 1.29 is 14.0 Å². The molecule has 5 nitrogen and oxygen atoms in total. The number of benzene rings is 2. The summed E-state index contributed by atoms with van der Waals surface area (Å²) >= 11 is 11.8. The minimum Gasteiger partial charge on any atom is -0.349 e. The number of hydrogen-bond donors (Lipinski definition) is 2. The Kier molecular flexibility index (Phi) is 6.88. The van der Waals surface area contributed by atoms with E-state index in [1.807, 2.05) is 4.90 Å². The van der Waals surface area contributed by atoms with Crippen molar-refractivity contribution in [1.82, 2.24) is 10.2 Å². The summed E-state index contributed by atoms with van der Waals surface area (Å²) in [6.07, 6.45) is 1.39. The van der Waals surface area contributed by atoms with Gasteiger partial charge in [0.1, 0.15) is 5.82 Å². The lowest BCUT2D eigenvalue weighted by atomic mass is 10.0. The van der Waals surface area contributed by atoms with Crippen LogP contribution in [0.3, 0.4) is 0 Å². The van der Waals surface area contributed by atoms with Crippen LogP contribution in [0.4, 0.5) is 10.1 Å². The lowest BCUT2D eigenvalue weighted by molar-refractivity contribution is -0.117. The molecule has 2 aromatic rings. The average Bonchev–Trinajstić information content (AvgIpc) is 2.66. The molecule has 2 aromatic carbocycles. The Bertz CT molecular complexity index is 870. The summed E-state index contributed by atoms with van der Waals surface area (Å²) in [4.78, 5) is 26.4. The van der Waals surface area contributed by atoms with Crippen LogP contribution in [0.15, 0.2) is 42.5 Å². The van der Waals surface area contributed by atoms with Crippen LogP contribution in [0.25, 0.3) is 0 Å². The molecule has 3 rings (SSSR count). The molecule has 0 saturated carbocycles. The van der Waals surface area contributed by atoms with Gasteiger partial charge in [-0.05, 0) is 43.2 Å². The Morgan fingerprint density at radius 2 is 1.79 bits per heavy atom. The Balaban J connectivity index is 1.45. The van der Waals surface area contributed by atoms with E-state index >= 15 is 0 Å². The van der Waals surface area contributed by atoms with Crippen molar-refractivity contribution in [3.8, 4) is 0 Å². The van der Waals surface area contributed by atoms with Gasteiger partial charge >= 0.3 is 0 Å². The molecule has 0 radical (unpaired) electrons. The molecule has 0 unspecified atom stereocenters.